The maximum atomic E-state index is 12.1. The lowest BCUT2D eigenvalue weighted by molar-refractivity contribution is 0.401. The lowest BCUT2D eigenvalue weighted by Crippen LogP contribution is -2.36. The molecule has 0 saturated carbocycles. The highest BCUT2D eigenvalue weighted by molar-refractivity contribution is 7.86. The Kier molecular flexibility index (Phi) is 5.12. The molecule has 0 aliphatic carbocycles. The fourth-order valence-electron chi connectivity index (χ4n) is 1.84. The van der Waals surface area contributed by atoms with Gasteiger partial charge in [0.25, 0.3) is 10.2 Å². The lowest BCUT2D eigenvalue weighted by Gasteiger charge is -2.22. The zero-order valence-electron chi connectivity index (χ0n) is 12.8. The van der Waals surface area contributed by atoms with Gasteiger partial charge in [-0.1, -0.05) is 24.3 Å². The molecule has 22 heavy (non-hydrogen) atoms. The molecule has 0 aliphatic heterocycles. The van der Waals surface area contributed by atoms with Crippen LogP contribution in [0.1, 0.15) is 5.56 Å². The number of aromatic nitrogens is 1. The Morgan fingerprint density at radius 1 is 1.05 bits per heavy atom. The second-order valence-corrected chi connectivity index (χ2v) is 7.18. The fraction of sp³-hybridized carbons (Fsp3) is 0.267. The maximum absolute atomic E-state index is 12.1. The standard InChI is InChI=1S/C15H19N3O3S/c1-17(2)22(19,20)18(3)12-13-8-7-11-16-15(13)21-14-9-5-4-6-10-14/h4-11H,12H2,1-3H3. The molecule has 7 heteroatoms. The van der Waals surface area contributed by atoms with E-state index in [0.717, 1.165) is 0 Å². The Balaban J connectivity index is 2.22. The van der Waals surface area contributed by atoms with Crippen molar-refractivity contribution in [2.75, 3.05) is 21.1 Å². The molecule has 2 rings (SSSR count). The molecule has 1 heterocycles. The molecule has 0 unspecified atom stereocenters. The highest BCUT2D eigenvalue weighted by Gasteiger charge is 2.22. The van der Waals surface area contributed by atoms with Crippen molar-refractivity contribution >= 4 is 10.2 Å². The van der Waals surface area contributed by atoms with Crippen molar-refractivity contribution in [3.05, 3.63) is 54.2 Å². The number of nitrogens with zero attached hydrogens (tertiary/aromatic N) is 3. The molecule has 1 aromatic heterocycles. The van der Waals surface area contributed by atoms with Crippen LogP contribution in [0.3, 0.4) is 0 Å². The van der Waals surface area contributed by atoms with E-state index in [1.54, 1.807) is 18.3 Å². The summed E-state index contributed by atoms with van der Waals surface area (Å²) in [7, 11) is 1.03. The van der Waals surface area contributed by atoms with Crippen molar-refractivity contribution in [3.8, 4) is 11.6 Å². The Morgan fingerprint density at radius 2 is 1.73 bits per heavy atom. The van der Waals surface area contributed by atoms with E-state index in [0.29, 0.717) is 17.2 Å². The van der Waals surface area contributed by atoms with E-state index in [1.807, 2.05) is 30.3 Å². The molecule has 0 saturated heterocycles. The van der Waals surface area contributed by atoms with E-state index >= 15 is 0 Å². The first-order valence-electron chi connectivity index (χ1n) is 6.72. The zero-order chi connectivity index (χ0) is 16.2. The molecule has 0 bridgehead atoms. The third-order valence-electron chi connectivity index (χ3n) is 3.06. The Morgan fingerprint density at radius 3 is 2.36 bits per heavy atom. The van der Waals surface area contributed by atoms with E-state index in [1.165, 1.54) is 29.8 Å². The van der Waals surface area contributed by atoms with E-state index < -0.39 is 10.2 Å². The van der Waals surface area contributed by atoms with Gasteiger partial charge in [0.1, 0.15) is 5.75 Å². The highest BCUT2D eigenvalue weighted by Crippen LogP contribution is 2.24. The molecule has 0 spiro atoms. The average molecular weight is 321 g/mol. The molecule has 0 N–H and O–H groups in total. The minimum atomic E-state index is -3.48. The molecule has 0 aliphatic rings. The van der Waals surface area contributed by atoms with Crippen LogP contribution in [0.5, 0.6) is 11.6 Å². The number of rotatable bonds is 6. The molecule has 0 radical (unpaired) electrons. The molecule has 0 amide bonds. The highest BCUT2D eigenvalue weighted by atomic mass is 32.2. The molecule has 0 atom stereocenters. The quantitative estimate of drug-likeness (QED) is 0.817. The van der Waals surface area contributed by atoms with Gasteiger partial charge in [-0.3, -0.25) is 0 Å². The van der Waals surface area contributed by atoms with Gasteiger partial charge in [-0.05, 0) is 18.2 Å². The predicted molar refractivity (Wildman–Crippen MR) is 84.8 cm³/mol. The largest absolute Gasteiger partial charge is 0.439 e. The first-order chi connectivity index (χ1) is 10.4. The summed E-state index contributed by atoms with van der Waals surface area (Å²) in [5, 5.41) is 0. The summed E-state index contributed by atoms with van der Waals surface area (Å²) in [5.74, 6) is 1.05. The van der Waals surface area contributed by atoms with E-state index in [9.17, 15) is 8.42 Å². The average Bonchev–Trinajstić information content (AvgIpc) is 2.50. The number of pyridine rings is 1. The SMILES string of the molecule is CN(C)S(=O)(=O)N(C)Cc1cccnc1Oc1ccccc1. The number of hydrogen-bond donors (Lipinski definition) is 0. The number of hydrogen-bond acceptors (Lipinski definition) is 4. The minimum absolute atomic E-state index is 0.177. The Hall–Kier alpha value is -1.96. The van der Waals surface area contributed by atoms with Crippen LogP contribution in [0.15, 0.2) is 48.7 Å². The number of benzene rings is 1. The second kappa shape index (κ2) is 6.87. The number of para-hydroxylation sites is 1. The molecule has 2 aromatic rings. The topological polar surface area (TPSA) is 62.7 Å². The van der Waals surface area contributed by atoms with Crippen molar-refractivity contribution in [2.24, 2.45) is 0 Å². The smallest absolute Gasteiger partial charge is 0.281 e. The molecular formula is C15H19N3O3S. The fourth-order valence-corrected chi connectivity index (χ4v) is 2.70. The monoisotopic (exact) mass is 321 g/mol. The van der Waals surface area contributed by atoms with Gasteiger partial charge in [-0.15, -0.1) is 0 Å². The van der Waals surface area contributed by atoms with Gasteiger partial charge >= 0.3 is 0 Å². The number of ether oxygens (including phenoxy) is 1. The van der Waals surface area contributed by atoms with Crippen LogP contribution in [0.25, 0.3) is 0 Å². The van der Waals surface area contributed by atoms with Crippen LogP contribution < -0.4 is 4.74 Å². The summed E-state index contributed by atoms with van der Waals surface area (Å²) in [4.78, 5) is 4.20. The van der Waals surface area contributed by atoms with Crippen LogP contribution in [-0.2, 0) is 16.8 Å². The molecule has 6 nitrogen and oxygen atoms in total. The van der Waals surface area contributed by atoms with Crippen LogP contribution in [0.2, 0.25) is 0 Å². The van der Waals surface area contributed by atoms with Crippen molar-refractivity contribution < 1.29 is 13.2 Å². The third-order valence-corrected chi connectivity index (χ3v) is 4.90. The van der Waals surface area contributed by atoms with Crippen molar-refractivity contribution in [1.29, 1.82) is 0 Å². The van der Waals surface area contributed by atoms with Gasteiger partial charge in [0.05, 0.1) is 0 Å². The molecule has 118 valence electrons. The summed E-state index contributed by atoms with van der Waals surface area (Å²) >= 11 is 0. The first-order valence-corrected chi connectivity index (χ1v) is 8.11. The summed E-state index contributed by atoms with van der Waals surface area (Å²) in [6.07, 6.45) is 1.61. The van der Waals surface area contributed by atoms with Gasteiger partial charge in [-0.25, -0.2) is 4.98 Å². The molecule has 0 fully saturated rings. The summed E-state index contributed by atoms with van der Waals surface area (Å²) < 4.78 is 32.3. The second-order valence-electron chi connectivity index (χ2n) is 4.93. The van der Waals surface area contributed by atoms with Gasteiger partial charge in [0.2, 0.25) is 5.88 Å². The van der Waals surface area contributed by atoms with Crippen LogP contribution in [0, 0.1) is 0 Å². The third kappa shape index (κ3) is 3.82. The predicted octanol–water partition coefficient (Wildman–Crippen LogP) is 2.11. The summed E-state index contributed by atoms with van der Waals surface area (Å²) in [6, 6.07) is 12.8. The van der Waals surface area contributed by atoms with Crippen LogP contribution in [-0.4, -0.2) is 43.2 Å². The van der Waals surface area contributed by atoms with Crippen molar-refractivity contribution in [3.63, 3.8) is 0 Å². The van der Waals surface area contributed by atoms with Crippen molar-refractivity contribution in [2.45, 2.75) is 6.54 Å². The van der Waals surface area contributed by atoms with Crippen LogP contribution >= 0.6 is 0 Å². The van der Waals surface area contributed by atoms with Crippen molar-refractivity contribution in [1.82, 2.24) is 13.6 Å². The normalized spacial score (nSPS) is 11.9. The maximum Gasteiger partial charge on any atom is 0.281 e. The molecular weight excluding hydrogens is 302 g/mol. The Bertz CT molecular complexity index is 718. The van der Waals surface area contributed by atoms with E-state index in [-0.39, 0.29) is 6.54 Å². The summed E-state index contributed by atoms with van der Waals surface area (Å²) in [6.45, 7) is 0.177. The summed E-state index contributed by atoms with van der Waals surface area (Å²) in [5.41, 5.74) is 0.694. The van der Waals surface area contributed by atoms with Gasteiger partial charge in [-0.2, -0.15) is 17.0 Å². The zero-order valence-corrected chi connectivity index (χ0v) is 13.6. The Labute approximate surface area is 131 Å². The van der Waals surface area contributed by atoms with Gasteiger partial charge in [0, 0.05) is 39.4 Å². The van der Waals surface area contributed by atoms with E-state index in [2.05, 4.69) is 4.98 Å². The van der Waals surface area contributed by atoms with Crippen LogP contribution in [0.4, 0.5) is 0 Å². The lowest BCUT2D eigenvalue weighted by atomic mass is 10.2. The van der Waals surface area contributed by atoms with Gasteiger partial charge in [0.15, 0.2) is 0 Å². The van der Waals surface area contributed by atoms with E-state index in [4.69, 9.17) is 4.74 Å². The molecule has 1 aromatic carbocycles. The first kappa shape index (κ1) is 16.4. The van der Waals surface area contributed by atoms with Gasteiger partial charge < -0.3 is 4.74 Å². The minimum Gasteiger partial charge on any atom is -0.439 e.